The molecule has 11 heteroatoms. The van der Waals surface area contributed by atoms with Crippen LogP contribution in [0.3, 0.4) is 0 Å². The van der Waals surface area contributed by atoms with Crippen LogP contribution >= 0.6 is 11.8 Å². The summed E-state index contributed by atoms with van der Waals surface area (Å²) in [5, 5.41) is 27.6. The lowest BCUT2D eigenvalue weighted by molar-refractivity contribution is -0.645. The van der Waals surface area contributed by atoms with Gasteiger partial charge in [-0.3, -0.25) is 4.79 Å². The minimum Gasteiger partial charge on any atom is -0.618 e. The van der Waals surface area contributed by atoms with Gasteiger partial charge in [0, 0.05) is 36.4 Å². The molecule has 0 bridgehead atoms. The molecule has 2 heterocycles. The Morgan fingerprint density at radius 2 is 1.70 bits per heavy atom. The summed E-state index contributed by atoms with van der Waals surface area (Å²) in [6.07, 6.45) is 1.03. The van der Waals surface area contributed by atoms with Crippen LogP contribution in [0.4, 0.5) is 4.79 Å². The van der Waals surface area contributed by atoms with E-state index in [9.17, 15) is 19.9 Å². The van der Waals surface area contributed by atoms with E-state index in [1.165, 1.54) is 18.0 Å². The molecule has 0 aliphatic carbocycles. The summed E-state index contributed by atoms with van der Waals surface area (Å²) < 4.78 is 18.6. The molecule has 0 radical (unpaired) electrons. The first-order chi connectivity index (χ1) is 22.4. The molecule has 0 saturated carbocycles. The molecule has 1 aliphatic heterocycles. The third-order valence-electron chi connectivity index (χ3n) is 7.47. The van der Waals surface area contributed by atoms with E-state index in [2.05, 4.69) is 10.6 Å². The van der Waals surface area contributed by atoms with Crippen LogP contribution in [-0.4, -0.2) is 42.1 Å². The molecule has 240 valence electrons. The molecule has 1 saturated heterocycles. The van der Waals surface area contributed by atoms with Gasteiger partial charge in [0.1, 0.15) is 6.54 Å². The first-order valence-corrected chi connectivity index (χ1v) is 16.1. The monoisotopic (exact) mass is 643 g/mol. The average Bonchev–Trinajstić information content (AvgIpc) is 3.10. The highest BCUT2D eigenvalue weighted by molar-refractivity contribution is 7.99. The van der Waals surface area contributed by atoms with Crippen LogP contribution in [-0.2, 0) is 32.2 Å². The van der Waals surface area contributed by atoms with E-state index in [0.29, 0.717) is 17.2 Å². The molecule has 3 atom stereocenters. The average molecular weight is 644 g/mol. The predicted molar refractivity (Wildman–Crippen MR) is 173 cm³/mol. The Bertz CT molecular complexity index is 1600. The molecule has 5 rings (SSSR count). The smallest absolute Gasteiger partial charge is 0.325 e. The maximum Gasteiger partial charge on any atom is 0.325 e. The minimum atomic E-state index is -0.633. The number of esters is 1. The number of carbonyl (C=O) groups excluding carboxylic acids is 2. The van der Waals surface area contributed by atoms with Crippen molar-refractivity contribution < 1.29 is 33.6 Å². The standard InChI is InChI=1S/C35H37N3O7S/c1-2-43-33(40)21-37-35(41)36-20-28-7-3-4-8-30(28)25-14-16-27(17-15-25)34-44-29(23-46-32-9-5-6-18-38(32)42)19-31(45-34)26-12-10-24(22-39)11-13-26/h3-18,29,31,34,39H,2,19-23H2,1H3,(H2,36,37,41)/t29-,31+,34+/m0/s1. The van der Waals surface area contributed by atoms with Crippen molar-refractivity contribution >= 4 is 23.8 Å². The van der Waals surface area contributed by atoms with Crippen molar-refractivity contribution in [2.24, 2.45) is 0 Å². The third kappa shape index (κ3) is 8.85. The van der Waals surface area contributed by atoms with E-state index < -0.39 is 18.3 Å². The van der Waals surface area contributed by atoms with Gasteiger partial charge >= 0.3 is 12.0 Å². The highest BCUT2D eigenvalue weighted by atomic mass is 32.2. The molecule has 3 N–H and O–H groups in total. The van der Waals surface area contributed by atoms with Gasteiger partial charge in [-0.1, -0.05) is 84.6 Å². The molecule has 1 aliphatic rings. The summed E-state index contributed by atoms with van der Waals surface area (Å²) in [6.45, 7) is 2.00. The largest absolute Gasteiger partial charge is 0.618 e. The number of thioether (sulfide) groups is 1. The van der Waals surface area contributed by atoms with Crippen LogP contribution in [0.2, 0.25) is 0 Å². The minimum absolute atomic E-state index is 0.0305. The molecular formula is C35H37N3O7S. The summed E-state index contributed by atoms with van der Waals surface area (Å²) in [5.41, 5.74) is 5.48. The summed E-state index contributed by atoms with van der Waals surface area (Å²) >= 11 is 1.45. The zero-order chi connectivity index (χ0) is 32.3. The molecule has 3 aromatic carbocycles. The Kier molecular flexibility index (Phi) is 11.6. The summed E-state index contributed by atoms with van der Waals surface area (Å²) in [5.74, 6) is 0.0789. The number of rotatable bonds is 12. The van der Waals surface area contributed by atoms with Gasteiger partial charge in [-0.05, 0) is 40.8 Å². The van der Waals surface area contributed by atoms with Crippen molar-refractivity contribution in [3.63, 3.8) is 0 Å². The molecule has 46 heavy (non-hydrogen) atoms. The number of aromatic nitrogens is 1. The Balaban J connectivity index is 1.29. The molecule has 1 fully saturated rings. The first kappa shape index (κ1) is 33.0. The first-order valence-electron chi connectivity index (χ1n) is 15.1. The van der Waals surface area contributed by atoms with Crippen LogP contribution in [0.15, 0.2) is 102 Å². The van der Waals surface area contributed by atoms with Gasteiger partial charge in [0.2, 0.25) is 0 Å². The van der Waals surface area contributed by atoms with Gasteiger partial charge in [-0.25, -0.2) is 4.79 Å². The maximum absolute atomic E-state index is 12.2. The number of hydrogen-bond acceptors (Lipinski definition) is 8. The Morgan fingerprint density at radius 3 is 2.43 bits per heavy atom. The second-order valence-electron chi connectivity index (χ2n) is 10.6. The lowest BCUT2D eigenvalue weighted by Crippen LogP contribution is -2.38. The third-order valence-corrected chi connectivity index (χ3v) is 8.62. The van der Waals surface area contributed by atoms with Crippen molar-refractivity contribution in [3.05, 3.63) is 125 Å². The van der Waals surface area contributed by atoms with Gasteiger partial charge in [0.15, 0.2) is 12.5 Å². The lowest BCUT2D eigenvalue weighted by Gasteiger charge is -2.36. The van der Waals surface area contributed by atoms with Crippen LogP contribution in [0.5, 0.6) is 0 Å². The number of ether oxygens (including phenoxy) is 3. The molecule has 2 amide bonds. The van der Waals surface area contributed by atoms with Crippen LogP contribution < -0.4 is 15.4 Å². The molecular weight excluding hydrogens is 606 g/mol. The number of amides is 2. The summed E-state index contributed by atoms with van der Waals surface area (Å²) in [4.78, 5) is 23.8. The normalized spacial score (nSPS) is 17.7. The van der Waals surface area contributed by atoms with E-state index in [1.54, 1.807) is 19.1 Å². The Hall–Kier alpha value is -4.42. The van der Waals surface area contributed by atoms with Crippen molar-refractivity contribution in [3.8, 4) is 11.1 Å². The highest BCUT2D eigenvalue weighted by Gasteiger charge is 2.32. The number of nitrogens with one attached hydrogen (secondary N) is 2. The van der Waals surface area contributed by atoms with Gasteiger partial charge in [-0.2, -0.15) is 4.73 Å². The second kappa shape index (κ2) is 16.2. The number of pyridine rings is 1. The predicted octanol–water partition coefficient (Wildman–Crippen LogP) is 5.18. The van der Waals surface area contributed by atoms with Crippen LogP contribution in [0, 0.1) is 5.21 Å². The summed E-state index contributed by atoms with van der Waals surface area (Å²) in [7, 11) is 0. The number of aliphatic hydroxyl groups excluding tert-OH is 1. The molecule has 4 aromatic rings. The van der Waals surface area contributed by atoms with Crippen molar-refractivity contribution in [2.45, 2.75) is 50.0 Å². The SMILES string of the molecule is CCOC(=O)CNC(=O)NCc1ccccc1-c1ccc([C@@H]2O[C@H](CSc3cccc[n+]3[O-])C[C@H](c3ccc(CO)cc3)O2)cc1. The van der Waals surface area contributed by atoms with E-state index in [4.69, 9.17) is 14.2 Å². The molecule has 0 unspecified atom stereocenters. The highest BCUT2D eigenvalue weighted by Crippen LogP contribution is 2.39. The van der Waals surface area contributed by atoms with E-state index in [-0.39, 0.29) is 38.5 Å². The number of carbonyl (C=O) groups is 2. The lowest BCUT2D eigenvalue weighted by atomic mass is 9.98. The molecule has 0 spiro atoms. The fraction of sp³-hybridized carbons (Fsp3) is 0.286. The molecule has 10 nitrogen and oxygen atoms in total. The molecule has 1 aromatic heterocycles. The van der Waals surface area contributed by atoms with Gasteiger partial charge in [-0.15, -0.1) is 0 Å². The van der Waals surface area contributed by atoms with Gasteiger partial charge in [0.25, 0.3) is 5.03 Å². The number of urea groups is 1. The van der Waals surface area contributed by atoms with Crippen molar-refractivity contribution in [1.29, 1.82) is 0 Å². The number of benzene rings is 3. The van der Waals surface area contributed by atoms with E-state index in [1.807, 2.05) is 78.9 Å². The van der Waals surface area contributed by atoms with Gasteiger partial charge in [0.05, 0.1) is 25.4 Å². The fourth-order valence-corrected chi connectivity index (χ4v) is 6.04. The number of nitrogens with zero attached hydrogens (tertiary/aromatic N) is 1. The van der Waals surface area contributed by atoms with E-state index >= 15 is 0 Å². The zero-order valence-electron chi connectivity index (χ0n) is 25.5. The topological polar surface area (TPSA) is 133 Å². The van der Waals surface area contributed by atoms with Crippen molar-refractivity contribution in [1.82, 2.24) is 10.6 Å². The Labute approximate surface area is 272 Å². The second-order valence-corrected chi connectivity index (χ2v) is 11.7. The number of hydrogen-bond donors (Lipinski definition) is 3. The summed E-state index contributed by atoms with van der Waals surface area (Å²) in [6, 6.07) is 28.3. The Morgan fingerprint density at radius 1 is 0.957 bits per heavy atom. The van der Waals surface area contributed by atoms with Crippen LogP contribution in [0.1, 0.15) is 48.0 Å². The van der Waals surface area contributed by atoms with Gasteiger partial charge < -0.3 is 35.2 Å². The fourth-order valence-electron chi connectivity index (χ4n) is 5.10. The zero-order valence-corrected chi connectivity index (χ0v) is 26.3. The van der Waals surface area contributed by atoms with Crippen molar-refractivity contribution in [2.75, 3.05) is 18.9 Å². The van der Waals surface area contributed by atoms with Crippen LogP contribution in [0.25, 0.3) is 11.1 Å². The van der Waals surface area contributed by atoms with E-state index in [0.717, 1.165) is 38.1 Å². The quantitative estimate of drug-likeness (QED) is 0.0833. The number of aliphatic hydroxyl groups is 1. The maximum atomic E-state index is 12.2.